The molecule has 0 aliphatic carbocycles. The van der Waals surface area contributed by atoms with E-state index in [1.165, 1.54) is 0 Å². The number of sulfone groups is 1. The molecule has 6 nitrogen and oxygen atoms in total. The van der Waals surface area contributed by atoms with Gasteiger partial charge in [-0.05, 0) is 30.8 Å². The summed E-state index contributed by atoms with van der Waals surface area (Å²) < 4.78 is 22.8. The van der Waals surface area contributed by atoms with E-state index in [2.05, 4.69) is 20.6 Å². The lowest BCUT2D eigenvalue weighted by molar-refractivity contribution is 0.600. The van der Waals surface area contributed by atoms with E-state index < -0.39 is 9.84 Å². The maximum atomic E-state index is 11.4. The number of thiocarbonyl (C=S) groups is 1. The van der Waals surface area contributed by atoms with E-state index in [0.29, 0.717) is 18.1 Å². The van der Waals surface area contributed by atoms with Crippen LogP contribution < -0.4 is 10.6 Å². The SMILES string of the molecule is O=S1(=O)CC[C@@H](NC(=S)NCc2nc3ccccc3[nH]2)C1. The molecule has 0 bridgehead atoms. The van der Waals surface area contributed by atoms with Crippen LogP contribution in [0.2, 0.25) is 0 Å². The van der Waals surface area contributed by atoms with Crippen molar-refractivity contribution in [1.29, 1.82) is 0 Å². The van der Waals surface area contributed by atoms with Crippen LogP contribution in [0.3, 0.4) is 0 Å². The Labute approximate surface area is 128 Å². The molecule has 2 aromatic rings. The first-order valence-electron chi connectivity index (χ1n) is 6.70. The third kappa shape index (κ3) is 3.51. The average molecular weight is 324 g/mol. The number of nitrogens with one attached hydrogen (secondary N) is 3. The van der Waals surface area contributed by atoms with Gasteiger partial charge in [0.2, 0.25) is 0 Å². The van der Waals surface area contributed by atoms with Crippen LogP contribution in [0.5, 0.6) is 0 Å². The van der Waals surface area contributed by atoms with E-state index in [-0.39, 0.29) is 17.5 Å². The maximum Gasteiger partial charge on any atom is 0.166 e. The Morgan fingerprint density at radius 2 is 2.24 bits per heavy atom. The highest BCUT2D eigenvalue weighted by molar-refractivity contribution is 7.91. The van der Waals surface area contributed by atoms with Crippen molar-refractivity contribution >= 4 is 38.2 Å². The second kappa shape index (κ2) is 5.61. The second-order valence-electron chi connectivity index (χ2n) is 5.13. The molecule has 1 aromatic carbocycles. The minimum atomic E-state index is -2.89. The highest BCUT2D eigenvalue weighted by Gasteiger charge is 2.28. The average Bonchev–Trinajstić information content (AvgIpc) is 2.99. The van der Waals surface area contributed by atoms with Gasteiger partial charge in [0.1, 0.15) is 5.82 Å². The summed E-state index contributed by atoms with van der Waals surface area (Å²) in [5.74, 6) is 1.18. The molecule has 0 unspecified atom stereocenters. The van der Waals surface area contributed by atoms with Gasteiger partial charge >= 0.3 is 0 Å². The van der Waals surface area contributed by atoms with E-state index in [1.807, 2.05) is 24.3 Å². The zero-order chi connectivity index (χ0) is 14.9. The number of para-hydroxylation sites is 2. The standard InChI is InChI=1S/C13H16N4O2S2/c18-21(19)6-5-9(8-21)15-13(20)14-7-12-16-10-3-1-2-4-11(10)17-12/h1-4,9H,5-8H2,(H,16,17)(H2,14,15,20)/t9-/m1/s1. The van der Waals surface area contributed by atoms with Gasteiger partial charge in [0, 0.05) is 6.04 Å². The molecule has 1 aliphatic rings. The summed E-state index contributed by atoms with van der Waals surface area (Å²) in [7, 11) is -2.89. The van der Waals surface area contributed by atoms with E-state index in [9.17, 15) is 8.42 Å². The van der Waals surface area contributed by atoms with Crippen molar-refractivity contribution in [3.05, 3.63) is 30.1 Å². The molecule has 0 saturated carbocycles. The van der Waals surface area contributed by atoms with Crippen molar-refractivity contribution in [2.75, 3.05) is 11.5 Å². The molecule has 1 atom stereocenters. The highest BCUT2D eigenvalue weighted by Crippen LogP contribution is 2.11. The van der Waals surface area contributed by atoms with Crippen molar-refractivity contribution in [2.24, 2.45) is 0 Å². The number of aromatic nitrogens is 2. The van der Waals surface area contributed by atoms with Gasteiger partial charge in [-0.15, -0.1) is 0 Å². The predicted octanol–water partition coefficient (Wildman–Crippen LogP) is 0.714. The van der Waals surface area contributed by atoms with Crippen LogP contribution >= 0.6 is 12.2 Å². The number of H-pyrrole nitrogens is 1. The zero-order valence-corrected chi connectivity index (χ0v) is 12.9. The first-order chi connectivity index (χ1) is 10.0. The van der Waals surface area contributed by atoms with Crippen LogP contribution in [0, 0.1) is 0 Å². The fourth-order valence-corrected chi connectivity index (χ4v) is 4.31. The van der Waals surface area contributed by atoms with Gasteiger partial charge in [0.25, 0.3) is 0 Å². The Morgan fingerprint density at radius 3 is 2.95 bits per heavy atom. The Kier molecular flexibility index (Phi) is 3.81. The molecular formula is C13H16N4O2S2. The molecule has 1 aliphatic heterocycles. The summed E-state index contributed by atoms with van der Waals surface area (Å²) in [6, 6.07) is 7.70. The van der Waals surface area contributed by atoms with Crippen LogP contribution in [0.4, 0.5) is 0 Å². The van der Waals surface area contributed by atoms with Crippen molar-refractivity contribution in [1.82, 2.24) is 20.6 Å². The summed E-state index contributed by atoms with van der Waals surface area (Å²) in [5.41, 5.74) is 1.89. The van der Waals surface area contributed by atoms with Gasteiger partial charge in [-0.1, -0.05) is 12.1 Å². The summed E-state index contributed by atoms with van der Waals surface area (Å²) in [6.07, 6.45) is 0.606. The first-order valence-corrected chi connectivity index (χ1v) is 8.93. The third-order valence-corrected chi connectivity index (χ3v) is 5.45. The first kappa shape index (κ1) is 14.3. The smallest absolute Gasteiger partial charge is 0.166 e. The maximum absolute atomic E-state index is 11.4. The zero-order valence-electron chi connectivity index (χ0n) is 11.3. The number of fused-ring (bicyclic) bond motifs is 1. The summed E-state index contributed by atoms with van der Waals surface area (Å²) in [6.45, 7) is 0.472. The van der Waals surface area contributed by atoms with Crippen molar-refractivity contribution in [3.63, 3.8) is 0 Å². The van der Waals surface area contributed by atoms with Gasteiger partial charge in [-0.3, -0.25) is 0 Å². The van der Waals surface area contributed by atoms with E-state index >= 15 is 0 Å². The largest absolute Gasteiger partial charge is 0.359 e. The number of aromatic amines is 1. The number of hydrogen-bond donors (Lipinski definition) is 3. The Hall–Kier alpha value is -1.67. The van der Waals surface area contributed by atoms with Crippen LogP contribution in [0.1, 0.15) is 12.2 Å². The van der Waals surface area contributed by atoms with Crippen LogP contribution in [-0.4, -0.2) is 41.0 Å². The van der Waals surface area contributed by atoms with Crippen molar-refractivity contribution < 1.29 is 8.42 Å². The lowest BCUT2D eigenvalue weighted by Gasteiger charge is -2.14. The Balaban J connectivity index is 1.54. The van der Waals surface area contributed by atoms with Gasteiger partial charge in [-0.2, -0.15) is 0 Å². The number of nitrogens with zero attached hydrogens (tertiary/aromatic N) is 1. The molecule has 21 heavy (non-hydrogen) atoms. The minimum absolute atomic E-state index is 0.0920. The van der Waals surface area contributed by atoms with E-state index in [1.54, 1.807) is 0 Å². The van der Waals surface area contributed by atoms with Crippen LogP contribution in [0.15, 0.2) is 24.3 Å². The molecule has 0 amide bonds. The quantitative estimate of drug-likeness (QED) is 0.721. The molecule has 8 heteroatoms. The van der Waals surface area contributed by atoms with E-state index in [0.717, 1.165) is 16.9 Å². The van der Waals surface area contributed by atoms with Crippen LogP contribution in [0.25, 0.3) is 11.0 Å². The molecule has 0 spiro atoms. The summed E-state index contributed by atoms with van der Waals surface area (Å²) >= 11 is 5.19. The van der Waals surface area contributed by atoms with Crippen LogP contribution in [-0.2, 0) is 16.4 Å². The topological polar surface area (TPSA) is 86.9 Å². The van der Waals surface area contributed by atoms with Crippen molar-refractivity contribution in [2.45, 2.75) is 19.0 Å². The molecule has 1 saturated heterocycles. The second-order valence-corrected chi connectivity index (χ2v) is 7.76. The molecular weight excluding hydrogens is 308 g/mol. The summed E-state index contributed by atoms with van der Waals surface area (Å²) in [5, 5.41) is 6.54. The normalized spacial score (nSPS) is 20.5. The Bertz CT molecular complexity index is 736. The molecule has 3 N–H and O–H groups in total. The molecule has 2 heterocycles. The molecule has 1 aromatic heterocycles. The molecule has 3 rings (SSSR count). The Morgan fingerprint density at radius 1 is 1.43 bits per heavy atom. The monoisotopic (exact) mass is 324 g/mol. The number of benzene rings is 1. The number of imidazole rings is 1. The van der Waals surface area contributed by atoms with Gasteiger partial charge in [0.05, 0.1) is 29.1 Å². The lowest BCUT2D eigenvalue weighted by atomic mass is 10.3. The molecule has 1 fully saturated rings. The number of rotatable bonds is 3. The van der Waals surface area contributed by atoms with Gasteiger partial charge < -0.3 is 15.6 Å². The van der Waals surface area contributed by atoms with Gasteiger partial charge in [0.15, 0.2) is 14.9 Å². The lowest BCUT2D eigenvalue weighted by Crippen LogP contribution is -2.42. The highest BCUT2D eigenvalue weighted by atomic mass is 32.2. The molecule has 0 radical (unpaired) electrons. The fourth-order valence-electron chi connectivity index (χ4n) is 2.40. The molecule has 112 valence electrons. The van der Waals surface area contributed by atoms with E-state index in [4.69, 9.17) is 12.2 Å². The van der Waals surface area contributed by atoms with Crippen molar-refractivity contribution in [3.8, 4) is 0 Å². The predicted molar refractivity (Wildman–Crippen MR) is 85.7 cm³/mol. The fraction of sp³-hybridized carbons (Fsp3) is 0.385. The summed E-state index contributed by atoms with van der Waals surface area (Å²) in [4.78, 5) is 7.64. The third-order valence-electron chi connectivity index (χ3n) is 3.42. The minimum Gasteiger partial charge on any atom is -0.359 e. The van der Waals surface area contributed by atoms with Gasteiger partial charge in [-0.25, -0.2) is 13.4 Å². The number of hydrogen-bond acceptors (Lipinski definition) is 4.